The van der Waals surface area contributed by atoms with Gasteiger partial charge < -0.3 is 20.1 Å². The van der Waals surface area contributed by atoms with Crippen molar-refractivity contribution in [1.82, 2.24) is 0 Å². The Morgan fingerprint density at radius 2 is 1.86 bits per heavy atom. The SMILES string of the molecule is CC1CC1C(=O)Nc1cccc(C(=O)N(C)c2ccc(OCC(=O)O)cc2)c1. The Hall–Kier alpha value is -3.35. The third-order valence-electron chi connectivity index (χ3n) is 4.71. The molecule has 0 aliphatic heterocycles. The largest absolute Gasteiger partial charge is 0.482 e. The topological polar surface area (TPSA) is 95.9 Å². The minimum absolute atomic E-state index is 0.0117. The Balaban J connectivity index is 1.66. The summed E-state index contributed by atoms with van der Waals surface area (Å²) in [4.78, 5) is 36.9. The molecule has 2 N–H and O–H groups in total. The molecule has 2 atom stereocenters. The minimum Gasteiger partial charge on any atom is -0.482 e. The van der Waals surface area contributed by atoms with Gasteiger partial charge in [0.1, 0.15) is 5.75 Å². The number of benzene rings is 2. The van der Waals surface area contributed by atoms with Gasteiger partial charge in [-0.05, 0) is 54.8 Å². The van der Waals surface area contributed by atoms with Crippen LogP contribution in [0.15, 0.2) is 48.5 Å². The second-order valence-electron chi connectivity index (χ2n) is 6.93. The highest BCUT2D eigenvalue weighted by molar-refractivity contribution is 6.06. The molecule has 7 heteroatoms. The number of hydrogen-bond donors (Lipinski definition) is 2. The Morgan fingerprint density at radius 3 is 2.46 bits per heavy atom. The fraction of sp³-hybridized carbons (Fsp3) is 0.286. The summed E-state index contributed by atoms with van der Waals surface area (Å²) < 4.78 is 5.09. The Bertz CT molecular complexity index is 894. The fourth-order valence-electron chi connectivity index (χ4n) is 2.87. The first-order valence-corrected chi connectivity index (χ1v) is 8.99. The van der Waals surface area contributed by atoms with E-state index in [1.165, 1.54) is 4.90 Å². The van der Waals surface area contributed by atoms with Gasteiger partial charge in [0.15, 0.2) is 6.61 Å². The monoisotopic (exact) mass is 382 g/mol. The van der Waals surface area contributed by atoms with E-state index in [2.05, 4.69) is 5.32 Å². The predicted molar refractivity (Wildman–Crippen MR) is 105 cm³/mol. The number of carbonyl (C=O) groups excluding carboxylic acids is 2. The van der Waals surface area contributed by atoms with Crippen molar-refractivity contribution >= 4 is 29.2 Å². The summed E-state index contributed by atoms with van der Waals surface area (Å²) in [6.45, 7) is 1.61. The number of carboxylic acid groups (broad SMARTS) is 1. The van der Waals surface area contributed by atoms with Crippen molar-refractivity contribution in [3.8, 4) is 5.75 Å². The van der Waals surface area contributed by atoms with Crippen molar-refractivity contribution in [2.24, 2.45) is 11.8 Å². The zero-order valence-electron chi connectivity index (χ0n) is 15.7. The first-order chi connectivity index (χ1) is 13.3. The lowest BCUT2D eigenvalue weighted by atomic mass is 10.1. The van der Waals surface area contributed by atoms with Gasteiger partial charge in [0.25, 0.3) is 5.91 Å². The van der Waals surface area contributed by atoms with Gasteiger partial charge in [-0.3, -0.25) is 9.59 Å². The van der Waals surface area contributed by atoms with Crippen molar-refractivity contribution < 1.29 is 24.2 Å². The molecule has 0 aromatic heterocycles. The molecule has 0 bridgehead atoms. The van der Waals surface area contributed by atoms with Gasteiger partial charge in [0.2, 0.25) is 5.91 Å². The van der Waals surface area contributed by atoms with Crippen LogP contribution in [0, 0.1) is 11.8 Å². The second-order valence-corrected chi connectivity index (χ2v) is 6.93. The smallest absolute Gasteiger partial charge is 0.341 e. The highest BCUT2D eigenvalue weighted by Gasteiger charge is 2.39. The molecule has 1 fully saturated rings. The molecule has 2 amide bonds. The van der Waals surface area contributed by atoms with Crippen LogP contribution in [0.3, 0.4) is 0 Å². The molecule has 1 aliphatic rings. The summed E-state index contributed by atoms with van der Waals surface area (Å²) in [6.07, 6.45) is 0.902. The molecule has 0 heterocycles. The van der Waals surface area contributed by atoms with E-state index in [4.69, 9.17) is 9.84 Å². The summed E-state index contributed by atoms with van der Waals surface area (Å²) in [7, 11) is 1.65. The van der Waals surface area contributed by atoms with Crippen LogP contribution in [0.5, 0.6) is 5.75 Å². The van der Waals surface area contributed by atoms with E-state index in [1.54, 1.807) is 55.6 Å². The molecule has 0 spiro atoms. The van der Waals surface area contributed by atoms with Crippen LogP contribution >= 0.6 is 0 Å². The van der Waals surface area contributed by atoms with Crippen LogP contribution in [-0.4, -0.2) is 36.5 Å². The average Bonchev–Trinajstić information content (AvgIpc) is 3.42. The summed E-state index contributed by atoms with van der Waals surface area (Å²) in [6, 6.07) is 13.4. The third kappa shape index (κ3) is 4.68. The van der Waals surface area contributed by atoms with E-state index >= 15 is 0 Å². The molecule has 1 aliphatic carbocycles. The number of aliphatic carboxylic acids is 1. The van der Waals surface area contributed by atoms with Crippen LogP contribution in [-0.2, 0) is 9.59 Å². The maximum Gasteiger partial charge on any atom is 0.341 e. The Morgan fingerprint density at radius 1 is 1.18 bits per heavy atom. The lowest BCUT2D eigenvalue weighted by Gasteiger charge is -2.18. The highest BCUT2D eigenvalue weighted by atomic mass is 16.5. The van der Waals surface area contributed by atoms with Gasteiger partial charge >= 0.3 is 5.97 Å². The molecule has 3 rings (SSSR count). The van der Waals surface area contributed by atoms with E-state index in [1.807, 2.05) is 6.92 Å². The van der Waals surface area contributed by atoms with Crippen LogP contribution < -0.4 is 15.0 Å². The number of anilines is 2. The number of amides is 2. The molecule has 0 radical (unpaired) electrons. The maximum absolute atomic E-state index is 12.8. The normalized spacial score (nSPS) is 17.5. The van der Waals surface area contributed by atoms with Crippen molar-refractivity contribution in [1.29, 1.82) is 0 Å². The minimum atomic E-state index is -1.06. The van der Waals surface area contributed by atoms with Gasteiger partial charge in [-0.1, -0.05) is 13.0 Å². The van der Waals surface area contributed by atoms with Crippen molar-refractivity contribution in [2.75, 3.05) is 23.9 Å². The van der Waals surface area contributed by atoms with Crippen LogP contribution in [0.25, 0.3) is 0 Å². The highest BCUT2D eigenvalue weighted by Crippen LogP contribution is 2.38. The first kappa shape index (κ1) is 19.4. The number of hydrogen-bond acceptors (Lipinski definition) is 4. The quantitative estimate of drug-likeness (QED) is 0.767. The first-order valence-electron chi connectivity index (χ1n) is 8.99. The van der Waals surface area contributed by atoms with E-state index in [0.29, 0.717) is 28.6 Å². The van der Waals surface area contributed by atoms with E-state index in [-0.39, 0.29) is 17.7 Å². The Kier molecular flexibility index (Phi) is 5.63. The molecule has 2 unspecified atom stereocenters. The molecule has 2 aromatic rings. The van der Waals surface area contributed by atoms with Gasteiger partial charge in [-0.2, -0.15) is 0 Å². The van der Waals surface area contributed by atoms with E-state index in [0.717, 1.165) is 6.42 Å². The number of carboxylic acids is 1. The summed E-state index contributed by atoms with van der Waals surface area (Å²) in [5.41, 5.74) is 1.69. The number of carbonyl (C=O) groups is 3. The molecular weight excluding hydrogens is 360 g/mol. The summed E-state index contributed by atoms with van der Waals surface area (Å²) >= 11 is 0. The van der Waals surface area contributed by atoms with Gasteiger partial charge in [-0.25, -0.2) is 4.79 Å². The molecule has 146 valence electrons. The number of nitrogens with zero attached hydrogens (tertiary/aromatic N) is 1. The fourth-order valence-corrected chi connectivity index (χ4v) is 2.87. The van der Waals surface area contributed by atoms with Crippen molar-refractivity contribution in [2.45, 2.75) is 13.3 Å². The number of ether oxygens (including phenoxy) is 1. The van der Waals surface area contributed by atoms with Crippen LogP contribution in [0.2, 0.25) is 0 Å². The number of rotatable bonds is 7. The molecule has 1 saturated carbocycles. The zero-order valence-corrected chi connectivity index (χ0v) is 15.7. The summed E-state index contributed by atoms with van der Waals surface area (Å²) in [5.74, 6) is -0.412. The van der Waals surface area contributed by atoms with Crippen LogP contribution in [0.4, 0.5) is 11.4 Å². The van der Waals surface area contributed by atoms with Crippen molar-refractivity contribution in [3.63, 3.8) is 0 Å². The third-order valence-corrected chi connectivity index (χ3v) is 4.71. The molecule has 0 saturated heterocycles. The maximum atomic E-state index is 12.8. The molecule has 2 aromatic carbocycles. The van der Waals surface area contributed by atoms with Crippen LogP contribution in [0.1, 0.15) is 23.7 Å². The van der Waals surface area contributed by atoms with E-state index < -0.39 is 12.6 Å². The molecular formula is C21H22N2O5. The van der Waals surface area contributed by atoms with Gasteiger partial charge in [0.05, 0.1) is 0 Å². The molecule has 7 nitrogen and oxygen atoms in total. The van der Waals surface area contributed by atoms with Crippen molar-refractivity contribution in [3.05, 3.63) is 54.1 Å². The van der Waals surface area contributed by atoms with Gasteiger partial charge in [-0.15, -0.1) is 0 Å². The predicted octanol–water partition coefficient (Wildman–Crippen LogP) is 3.02. The lowest BCUT2D eigenvalue weighted by Crippen LogP contribution is -2.26. The zero-order chi connectivity index (χ0) is 20.3. The molecule has 28 heavy (non-hydrogen) atoms. The summed E-state index contributed by atoms with van der Waals surface area (Å²) in [5, 5.41) is 11.5. The lowest BCUT2D eigenvalue weighted by molar-refractivity contribution is -0.139. The second kappa shape index (κ2) is 8.12. The van der Waals surface area contributed by atoms with Gasteiger partial charge in [0, 0.05) is 29.9 Å². The Labute approximate surface area is 162 Å². The average molecular weight is 382 g/mol. The van der Waals surface area contributed by atoms with E-state index in [9.17, 15) is 14.4 Å². The standard InChI is InChI=1S/C21H22N2O5/c1-13-10-18(13)20(26)22-15-5-3-4-14(11-15)21(27)23(2)16-6-8-17(9-7-16)28-12-19(24)25/h3-9,11,13,18H,10,12H2,1-2H3,(H,22,26)(H,24,25). The number of nitrogens with one attached hydrogen (secondary N) is 1.